The van der Waals surface area contributed by atoms with Gasteiger partial charge >= 0.3 is 0 Å². The van der Waals surface area contributed by atoms with Crippen LogP contribution in [0.4, 0.5) is 0 Å². The van der Waals surface area contributed by atoms with Crippen LogP contribution in [-0.4, -0.2) is 56.8 Å². The molecule has 0 fully saturated rings. The average Bonchev–Trinajstić information content (AvgIpc) is 2.54. The largest absolute Gasteiger partial charge is 0.488 e. The second-order valence-electron chi connectivity index (χ2n) is 5.89. The van der Waals surface area contributed by atoms with Crippen LogP contribution in [-0.2, 0) is 9.47 Å². The molecule has 0 aromatic heterocycles. The number of rotatable bonds is 12. The van der Waals surface area contributed by atoms with Crippen LogP contribution in [0.1, 0.15) is 33.3 Å². The summed E-state index contributed by atoms with van der Waals surface area (Å²) in [7, 11) is 0. The fourth-order valence-corrected chi connectivity index (χ4v) is 2.79. The van der Waals surface area contributed by atoms with Gasteiger partial charge in [-0.25, -0.2) is 0 Å². The number of ether oxygens (including phenoxy) is 3. The molecule has 0 radical (unpaired) electrons. The summed E-state index contributed by atoms with van der Waals surface area (Å²) in [5.41, 5.74) is 1.22. The van der Waals surface area contributed by atoms with Crippen molar-refractivity contribution in [1.29, 1.82) is 0 Å². The summed E-state index contributed by atoms with van der Waals surface area (Å²) in [5.74, 6) is 0.946. The van der Waals surface area contributed by atoms with Gasteiger partial charge in [-0.3, -0.25) is 0 Å². The van der Waals surface area contributed by atoms with Crippen molar-refractivity contribution in [3.8, 4) is 5.75 Å². The molecule has 0 N–H and O–H groups in total. The molecular weight excluding hydrogens is 290 g/mol. The maximum Gasteiger partial charge on any atom is 0.207 e. The first kappa shape index (κ1) is 19.9. The molecule has 0 amide bonds. The molecule has 1 rings (SSSR count). The van der Waals surface area contributed by atoms with Crippen molar-refractivity contribution in [1.82, 2.24) is 0 Å². The van der Waals surface area contributed by atoms with Gasteiger partial charge in [0.15, 0.2) is 0 Å². The normalized spacial score (nSPS) is 11.9. The molecular formula is C19H34NO3+. The van der Waals surface area contributed by atoms with Crippen molar-refractivity contribution < 1.29 is 18.7 Å². The molecule has 0 unspecified atom stereocenters. The second-order valence-corrected chi connectivity index (χ2v) is 5.89. The van der Waals surface area contributed by atoms with Crippen LogP contribution in [0.25, 0.3) is 0 Å². The summed E-state index contributed by atoms with van der Waals surface area (Å²) in [6.45, 7) is 16.5. The lowest BCUT2D eigenvalue weighted by Crippen LogP contribution is -2.55. The van der Waals surface area contributed by atoms with Crippen LogP contribution in [0.2, 0.25) is 0 Å². The predicted molar refractivity (Wildman–Crippen MR) is 94.8 cm³/mol. The van der Waals surface area contributed by atoms with E-state index in [1.54, 1.807) is 0 Å². The van der Waals surface area contributed by atoms with E-state index in [4.69, 9.17) is 14.2 Å². The number of quaternary nitrogens is 1. The molecule has 0 heterocycles. The monoisotopic (exact) mass is 324 g/mol. The summed E-state index contributed by atoms with van der Waals surface area (Å²) in [5, 5.41) is 0. The fourth-order valence-electron chi connectivity index (χ4n) is 2.79. The Balaban J connectivity index is 2.61. The zero-order chi connectivity index (χ0) is 17.1. The van der Waals surface area contributed by atoms with Gasteiger partial charge in [-0.2, -0.15) is 0 Å². The zero-order valence-electron chi connectivity index (χ0n) is 15.5. The average molecular weight is 324 g/mol. The summed E-state index contributed by atoms with van der Waals surface area (Å²) >= 11 is 0. The molecule has 0 saturated carbocycles. The lowest BCUT2D eigenvalue weighted by molar-refractivity contribution is -0.930. The highest BCUT2D eigenvalue weighted by Crippen LogP contribution is 2.15. The quantitative estimate of drug-likeness (QED) is 0.434. The Kier molecular flexibility index (Phi) is 9.22. The third kappa shape index (κ3) is 6.90. The van der Waals surface area contributed by atoms with E-state index in [0.29, 0.717) is 19.8 Å². The third-order valence-electron chi connectivity index (χ3n) is 4.41. The van der Waals surface area contributed by atoms with E-state index in [1.165, 1.54) is 5.56 Å². The minimum atomic E-state index is -0.135. The van der Waals surface area contributed by atoms with Crippen molar-refractivity contribution >= 4 is 0 Å². The highest BCUT2D eigenvalue weighted by Gasteiger charge is 2.28. The molecule has 0 aliphatic rings. The Morgan fingerprint density at radius 1 is 1.00 bits per heavy atom. The van der Waals surface area contributed by atoms with Crippen molar-refractivity contribution in [2.75, 3.05) is 46.0 Å². The summed E-state index contributed by atoms with van der Waals surface area (Å²) in [6.07, 6.45) is -0.135. The van der Waals surface area contributed by atoms with Gasteiger partial charge in [0.05, 0.1) is 13.1 Å². The fraction of sp³-hybridized carbons (Fsp3) is 0.684. The van der Waals surface area contributed by atoms with Crippen LogP contribution in [0.3, 0.4) is 0 Å². The lowest BCUT2D eigenvalue weighted by Gasteiger charge is -2.38. The summed E-state index contributed by atoms with van der Waals surface area (Å²) in [4.78, 5) is 0. The molecule has 132 valence electrons. The molecule has 4 nitrogen and oxygen atoms in total. The molecule has 0 aliphatic heterocycles. The predicted octanol–water partition coefficient (Wildman–Crippen LogP) is 3.63. The van der Waals surface area contributed by atoms with Crippen molar-refractivity contribution in [3.63, 3.8) is 0 Å². The van der Waals surface area contributed by atoms with E-state index in [-0.39, 0.29) is 6.29 Å². The van der Waals surface area contributed by atoms with Gasteiger partial charge in [-0.1, -0.05) is 12.1 Å². The number of nitrogens with zero attached hydrogens (tertiary/aromatic N) is 1. The van der Waals surface area contributed by atoms with Crippen molar-refractivity contribution in [2.45, 2.75) is 40.9 Å². The molecule has 4 heteroatoms. The third-order valence-corrected chi connectivity index (χ3v) is 4.41. The van der Waals surface area contributed by atoms with E-state index in [1.807, 2.05) is 26.0 Å². The molecule has 0 saturated heterocycles. The number of aryl methyl sites for hydroxylation is 1. The minimum absolute atomic E-state index is 0.135. The van der Waals surface area contributed by atoms with Crippen molar-refractivity contribution in [2.24, 2.45) is 0 Å². The molecule has 0 aliphatic carbocycles. The minimum Gasteiger partial charge on any atom is -0.488 e. The van der Waals surface area contributed by atoms with E-state index >= 15 is 0 Å². The second kappa shape index (κ2) is 10.6. The Morgan fingerprint density at radius 3 is 2.17 bits per heavy atom. The number of hydrogen-bond donors (Lipinski definition) is 0. The van der Waals surface area contributed by atoms with Gasteiger partial charge in [0.25, 0.3) is 0 Å². The van der Waals surface area contributed by atoms with Crippen LogP contribution >= 0.6 is 0 Å². The van der Waals surface area contributed by atoms with E-state index in [0.717, 1.165) is 36.4 Å². The molecule has 0 bridgehead atoms. The maximum absolute atomic E-state index is 5.95. The Labute approximate surface area is 141 Å². The first-order chi connectivity index (χ1) is 11.1. The summed E-state index contributed by atoms with van der Waals surface area (Å²) < 4.78 is 18.4. The van der Waals surface area contributed by atoms with Gasteiger partial charge in [0.2, 0.25) is 6.29 Å². The Morgan fingerprint density at radius 2 is 1.65 bits per heavy atom. The van der Waals surface area contributed by atoms with Gasteiger partial charge in [-0.05, 0) is 52.3 Å². The highest BCUT2D eigenvalue weighted by atomic mass is 16.7. The number of hydrogen-bond acceptors (Lipinski definition) is 3. The molecule has 0 spiro atoms. The lowest BCUT2D eigenvalue weighted by atomic mass is 10.2. The molecule has 0 atom stereocenters. The van der Waals surface area contributed by atoms with Crippen molar-refractivity contribution in [3.05, 3.63) is 29.8 Å². The SMILES string of the molecule is CCOC(C[N+](CC)(CC)CCOc1cccc(C)c1)OCC. The van der Waals surface area contributed by atoms with Gasteiger partial charge in [-0.15, -0.1) is 0 Å². The van der Waals surface area contributed by atoms with Crippen LogP contribution in [0.15, 0.2) is 24.3 Å². The topological polar surface area (TPSA) is 27.7 Å². The zero-order valence-corrected chi connectivity index (χ0v) is 15.5. The Hall–Kier alpha value is -1.10. The van der Waals surface area contributed by atoms with Crippen LogP contribution in [0.5, 0.6) is 5.75 Å². The van der Waals surface area contributed by atoms with Crippen LogP contribution in [0, 0.1) is 6.92 Å². The first-order valence-electron chi connectivity index (χ1n) is 8.86. The van der Waals surface area contributed by atoms with Gasteiger partial charge in [0, 0.05) is 13.2 Å². The van der Waals surface area contributed by atoms with E-state index < -0.39 is 0 Å². The van der Waals surface area contributed by atoms with Gasteiger partial charge < -0.3 is 18.7 Å². The smallest absolute Gasteiger partial charge is 0.207 e. The maximum atomic E-state index is 5.95. The summed E-state index contributed by atoms with van der Waals surface area (Å²) in [6, 6.07) is 8.21. The molecule has 1 aromatic rings. The Bertz CT molecular complexity index is 426. The number of benzene rings is 1. The first-order valence-corrected chi connectivity index (χ1v) is 8.86. The van der Waals surface area contributed by atoms with Crippen LogP contribution < -0.4 is 4.74 Å². The standard InChI is InChI=1S/C19H34NO3/c1-6-20(7-2,16-19(21-8-3)22-9-4)13-14-23-18-12-10-11-17(5)15-18/h10-12,15,19H,6-9,13-14,16H2,1-5H3/q+1. The number of likely N-dealkylation sites (N-methyl/N-ethyl adjacent to an activating group) is 1. The van der Waals surface area contributed by atoms with E-state index in [2.05, 4.69) is 32.9 Å². The van der Waals surface area contributed by atoms with E-state index in [9.17, 15) is 0 Å². The van der Waals surface area contributed by atoms with Gasteiger partial charge in [0.1, 0.15) is 25.4 Å². The highest BCUT2D eigenvalue weighted by molar-refractivity contribution is 5.27. The molecule has 1 aromatic carbocycles. The molecule has 23 heavy (non-hydrogen) atoms.